The molecule has 4 heteroatoms. The molecule has 2 rings (SSSR count). The normalized spacial score (nSPS) is 12.2. The van der Waals surface area contributed by atoms with Gasteiger partial charge in [-0.1, -0.05) is 49.2 Å². The maximum atomic E-state index is 10.2. The van der Waals surface area contributed by atoms with E-state index >= 15 is 0 Å². The fourth-order valence-electron chi connectivity index (χ4n) is 3.33. The van der Waals surface area contributed by atoms with E-state index in [0.717, 1.165) is 56.6 Å². The predicted molar refractivity (Wildman–Crippen MR) is 119 cm³/mol. The first-order chi connectivity index (χ1) is 14.2. The van der Waals surface area contributed by atoms with E-state index in [0.29, 0.717) is 6.54 Å². The van der Waals surface area contributed by atoms with Crippen LogP contribution in [0.25, 0.3) is 0 Å². The van der Waals surface area contributed by atoms with Gasteiger partial charge in [-0.15, -0.1) is 0 Å². The number of phenols is 1. The first-order valence-corrected chi connectivity index (χ1v) is 11.0. The van der Waals surface area contributed by atoms with Gasteiger partial charge in [-0.05, 0) is 74.4 Å². The quantitative estimate of drug-likeness (QED) is 0.372. The molecule has 29 heavy (non-hydrogen) atoms. The van der Waals surface area contributed by atoms with Crippen molar-refractivity contribution in [2.75, 3.05) is 26.3 Å². The van der Waals surface area contributed by atoms with Gasteiger partial charge in [0.25, 0.3) is 0 Å². The zero-order chi connectivity index (χ0) is 20.7. The summed E-state index contributed by atoms with van der Waals surface area (Å²) in [6, 6.07) is 15.9. The van der Waals surface area contributed by atoms with E-state index in [1.165, 1.54) is 24.8 Å². The molecule has 0 aliphatic rings. The maximum Gasteiger partial charge on any atom is 0.118 e. The van der Waals surface area contributed by atoms with Gasteiger partial charge in [0.1, 0.15) is 5.75 Å². The molecule has 4 nitrogen and oxygen atoms in total. The second-order valence-corrected chi connectivity index (χ2v) is 7.74. The van der Waals surface area contributed by atoms with Crippen molar-refractivity contribution in [3.05, 3.63) is 65.2 Å². The Morgan fingerprint density at radius 2 is 1.62 bits per heavy atom. The Labute approximate surface area is 175 Å². The summed E-state index contributed by atoms with van der Waals surface area (Å²) in [4.78, 5) is 0. The Morgan fingerprint density at radius 1 is 0.897 bits per heavy atom. The van der Waals surface area contributed by atoms with Crippen molar-refractivity contribution in [1.29, 1.82) is 0 Å². The highest BCUT2D eigenvalue weighted by molar-refractivity contribution is 5.35. The van der Waals surface area contributed by atoms with Gasteiger partial charge in [0.05, 0.1) is 6.10 Å². The number of unbranched alkanes of at least 4 members (excludes halogenated alkanes) is 4. The van der Waals surface area contributed by atoms with Crippen LogP contribution in [0.15, 0.2) is 48.5 Å². The van der Waals surface area contributed by atoms with Crippen molar-refractivity contribution in [1.82, 2.24) is 5.32 Å². The lowest BCUT2D eigenvalue weighted by atomic mass is 10.1. The Balaban J connectivity index is 1.36. The second-order valence-electron chi connectivity index (χ2n) is 7.74. The standard InChI is InChI=1S/C25H37NO3/c1-21-19-23(14-15-24(21)27)25(28)20-26-16-8-2-3-9-17-29-18-10-7-13-22-11-5-4-6-12-22/h4-6,11-12,14-15,19,25-28H,2-3,7-10,13,16-18,20H2,1H3/t25-/m0/s1. The summed E-state index contributed by atoms with van der Waals surface area (Å²) in [5.41, 5.74) is 3.04. The minimum Gasteiger partial charge on any atom is -0.508 e. The first kappa shape index (κ1) is 23.4. The Morgan fingerprint density at radius 3 is 2.38 bits per heavy atom. The van der Waals surface area contributed by atoms with E-state index in [1.807, 2.05) is 13.0 Å². The Hall–Kier alpha value is -1.88. The van der Waals surface area contributed by atoms with Crippen molar-refractivity contribution in [2.24, 2.45) is 0 Å². The minimum absolute atomic E-state index is 0.269. The van der Waals surface area contributed by atoms with Gasteiger partial charge in [-0.3, -0.25) is 0 Å². The smallest absolute Gasteiger partial charge is 0.118 e. The van der Waals surface area contributed by atoms with E-state index in [9.17, 15) is 10.2 Å². The molecule has 0 aliphatic heterocycles. The van der Waals surface area contributed by atoms with Gasteiger partial charge in [0.2, 0.25) is 0 Å². The second kappa shape index (κ2) is 14.2. The third kappa shape index (κ3) is 9.93. The number of aryl methyl sites for hydroxylation is 2. The molecular formula is C25H37NO3. The number of phenolic OH excluding ortho intramolecular Hbond substituents is 1. The predicted octanol–water partition coefficient (Wildman–Crippen LogP) is 4.92. The molecule has 2 aromatic carbocycles. The third-order valence-corrected chi connectivity index (χ3v) is 5.18. The van der Waals surface area contributed by atoms with Crippen molar-refractivity contribution >= 4 is 0 Å². The van der Waals surface area contributed by atoms with Crippen LogP contribution >= 0.6 is 0 Å². The fourth-order valence-corrected chi connectivity index (χ4v) is 3.33. The summed E-state index contributed by atoms with van der Waals surface area (Å²) < 4.78 is 5.73. The van der Waals surface area contributed by atoms with E-state index in [2.05, 4.69) is 35.6 Å². The van der Waals surface area contributed by atoms with Crippen LogP contribution < -0.4 is 5.32 Å². The van der Waals surface area contributed by atoms with Crippen LogP contribution in [0, 0.1) is 6.92 Å². The zero-order valence-electron chi connectivity index (χ0n) is 17.8. The van der Waals surface area contributed by atoms with Crippen LogP contribution in [0.5, 0.6) is 5.75 Å². The van der Waals surface area contributed by atoms with Gasteiger partial charge in [0, 0.05) is 19.8 Å². The number of benzene rings is 2. The molecule has 0 unspecified atom stereocenters. The van der Waals surface area contributed by atoms with Gasteiger partial charge >= 0.3 is 0 Å². The Bertz CT molecular complexity index is 675. The summed E-state index contributed by atoms with van der Waals surface area (Å²) in [5.74, 6) is 0.269. The lowest BCUT2D eigenvalue weighted by molar-refractivity contribution is 0.126. The van der Waals surface area contributed by atoms with Crippen LogP contribution in [-0.4, -0.2) is 36.5 Å². The molecule has 0 saturated carbocycles. The van der Waals surface area contributed by atoms with Gasteiger partial charge in [-0.2, -0.15) is 0 Å². The number of nitrogens with one attached hydrogen (secondary N) is 1. The van der Waals surface area contributed by atoms with E-state index in [4.69, 9.17) is 4.74 Å². The summed E-state index contributed by atoms with van der Waals surface area (Å²) >= 11 is 0. The third-order valence-electron chi connectivity index (χ3n) is 5.18. The molecular weight excluding hydrogens is 362 g/mol. The van der Waals surface area contributed by atoms with Gasteiger partial charge < -0.3 is 20.3 Å². The average Bonchev–Trinajstić information content (AvgIpc) is 2.74. The zero-order valence-corrected chi connectivity index (χ0v) is 17.8. The molecule has 0 aromatic heterocycles. The molecule has 0 radical (unpaired) electrons. The van der Waals surface area contributed by atoms with Crippen molar-refractivity contribution < 1.29 is 14.9 Å². The molecule has 0 fully saturated rings. The molecule has 3 N–H and O–H groups in total. The summed E-state index contributed by atoms with van der Waals surface area (Å²) in [6.07, 6.45) is 7.51. The van der Waals surface area contributed by atoms with E-state index in [1.54, 1.807) is 12.1 Å². The van der Waals surface area contributed by atoms with Crippen LogP contribution in [0.1, 0.15) is 61.3 Å². The number of aliphatic hydroxyl groups excluding tert-OH is 1. The number of aromatic hydroxyl groups is 1. The van der Waals surface area contributed by atoms with Crippen molar-refractivity contribution in [3.63, 3.8) is 0 Å². The van der Waals surface area contributed by atoms with E-state index < -0.39 is 6.10 Å². The van der Waals surface area contributed by atoms with Crippen LogP contribution in [-0.2, 0) is 11.2 Å². The van der Waals surface area contributed by atoms with E-state index in [-0.39, 0.29) is 5.75 Å². The summed E-state index contributed by atoms with van der Waals surface area (Å²) in [5, 5.41) is 23.1. The number of ether oxygens (including phenoxy) is 1. The molecule has 0 heterocycles. The number of hydrogen-bond acceptors (Lipinski definition) is 4. The molecule has 0 aliphatic carbocycles. The number of hydrogen-bond donors (Lipinski definition) is 3. The van der Waals surface area contributed by atoms with Gasteiger partial charge in [-0.25, -0.2) is 0 Å². The first-order valence-electron chi connectivity index (χ1n) is 11.0. The lowest BCUT2D eigenvalue weighted by Gasteiger charge is -2.13. The topological polar surface area (TPSA) is 61.7 Å². The molecule has 0 saturated heterocycles. The summed E-state index contributed by atoms with van der Waals surface area (Å²) in [6.45, 7) is 5.01. The summed E-state index contributed by atoms with van der Waals surface area (Å²) in [7, 11) is 0. The highest BCUT2D eigenvalue weighted by Gasteiger charge is 2.08. The largest absolute Gasteiger partial charge is 0.508 e. The lowest BCUT2D eigenvalue weighted by Crippen LogP contribution is -2.22. The highest BCUT2D eigenvalue weighted by atomic mass is 16.5. The molecule has 160 valence electrons. The van der Waals surface area contributed by atoms with Crippen LogP contribution in [0.3, 0.4) is 0 Å². The van der Waals surface area contributed by atoms with Crippen LogP contribution in [0.4, 0.5) is 0 Å². The molecule has 2 aromatic rings. The SMILES string of the molecule is Cc1cc([C@@H](O)CNCCCCCCOCCCCc2ccccc2)ccc1O. The average molecular weight is 400 g/mol. The number of rotatable bonds is 15. The molecule has 0 spiro atoms. The van der Waals surface area contributed by atoms with Crippen molar-refractivity contribution in [2.45, 2.75) is 58.0 Å². The highest BCUT2D eigenvalue weighted by Crippen LogP contribution is 2.21. The molecule has 1 atom stereocenters. The fraction of sp³-hybridized carbons (Fsp3) is 0.520. The number of aliphatic hydroxyl groups is 1. The molecule has 0 amide bonds. The maximum absolute atomic E-state index is 10.2. The minimum atomic E-state index is -0.537. The van der Waals surface area contributed by atoms with Gasteiger partial charge in [0.15, 0.2) is 0 Å². The Kier molecular flexibility index (Phi) is 11.4. The van der Waals surface area contributed by atoms with Crippen LogP contribution in [0.2, 0.25) is 0 Å². The van der Waals surface area contributed by atoms with Crippen molar-refractivity contribution in [3.8, 4) is 5.75 Å². The monoisotopic (exact) mass is 399 g/mol. The molecule has 0 bridgehead atoms.